The van der Waals surface area contributed by atoms with Crippen molar-refractivity contribution in [3.63, 3.8) is 0 Å². The van der Waals surface area contributed by atoms with Gasteiger partial charge in [-0.1, -0.05) is 20.8 Å². The van der Waals surface area contributed by atoms with Crippen LogP contribution in [0.4, 0.5) is 0 Å². The Kier molecular flexibility index (Phi) is 12.9. The van der Waals surface area contributed by atoms with Gasteiger partial charge in [-0.15, -0.1) is 0 Å². The van der Waals surface area contributed by atoms with Gasteiger partial charge in [0, 0.05) is 37.0 Å². The average molecular weight is 438 g/mol. The van der Waals surface area contributed by atoms with E-state index in [9.17, 15) is 13.7 Å². The van der Waals surface area contributed by atoms with Crippen LogP contribution in [-0.2, 0) is 24.4 Å². The molecule has 0 fully saturated rings. The fourth-order valence-corrected chi connectivity index (χ4v) is 12.0. The van der Waals surface area contributed by atoms with Crippen molar-refractivity contribution in [2.24, 2.45) is 0 Å². The van der Waals surface area contributed by atoms with E-state index in [4.69, 9.17) is 26.0 Å². The van der Waals surface area contributed by atoms with Crippen molar-refractivity contribution in [1.82, 2.24) is 0 Å². The molecule has 0 heterocycles. The summed E-state index contributed by atoms with van der Waals surface area (Å²) >= 11 is -3.38. The van der Waals surface area contributed by atoms with Crippen LogP contribution in [0.1, 0.15) is 20.8 Å². The molecule has 3 N–H and O–H groups in total. The molecule has 150 valence electrons. The second-order valence-corrected chi connectivity index (χ2v) is 16.6. The summed E-state index contributed by atoms with van der Waals surface area (Å²) in [5.41, 5.74) is 0. The molecular weight excluding hydrogens is 408 g/mol. The third-order valence-electron chi connectivity index (χ3n) is 3.60. The van der Waals surface area contributed by atoms with Crippen LogP contribution in [0.15, 0.2) is 0 Å². The highest BCUT2D eigenvalue weighted by atomic mass is 31.2. The molecule has 25 heavy (non-hydrogen) atoms. The number of rotatable bonds is 15. The average Bonchev–Trinajstić information content (AvgIpc) is 2.55. The Balaban J connectivity index is 5.53. The SMILES string of the molecule is CCP(=O)(CCO)[O][Al]([O]P(=O)(CC)CCO)[O]P(=O)(CC)CCO. The quantitative estimate of drug-likeness (QED) is 0.258. The second-order valence-electron chi connectivity index (χ2n) is 5.34. The number of aliphatic hydroxyl groups is 3. The molecule has 0 aliphatic heterocycles. The van der Waals surface area contributed by atoms with Gasteiger partial charge in [-0.3, -0.25) is 13.7 Å². The summed E-state index contributed by atoms with van der Waals surface area (Å²) in [6.07, 6.45) is -0.0321. The number of hydrogen-bond donors (Lipinski definition) is 3. The van der Waals surface area contributed by atoms with E-state index in [0.29, 0.717) is 0 Å². The zero-order valence-electron chi connectivity index (χ0n) is 15.1. The van der Waals surface area contributed by atoms with Gasteiger partial charge in [0.05, 0.1) is 19.8 Å². The molecule has 0 aliphatic carbocycles. The Labute approximate surface area is 154 Å². The van der Waals surface area contributed by atoms with Crippen molar-refractivity contribution in [3.8, 4) is 0 Å². The fraction of sp³-hybridized carbons (Fsp3) is 1.00. The topological polar surface area (TPSA) is 140 Å². The van der Waals surface area contributed by atoms with Gasteiger partial charge in [0.15, 0.2) is 22.1 Å². The zero-order valence-corrected chi connectivity index (χ0v) is 18.9. The Morgan fingerprint density at radius 3 is 1.04 bits per heavy atom. The first-order chi connectivity index (χ1) is 11.6. The predicted molar refractivity (Wildman–Crippen MR) is 99.3 cm³/mol. The molecular formula is C12H30AlO9P3. The molecule has 0 saturated heterocycles. The first-order valence-corrected chi connectivity index (χ1v) is 15.7. The molecule has 0 aromatic heterocycles. The van der Waals surface area contributed by atoms with Crippen LogP contribution < -0.4 is 0 Å². The predicted octanol–water partition coefficient (Wildman–Crippen LogP) is 1.89. The van der Waals surface area contributed by atoms with Crippen molar-refractivity contribution in [2.75, 3.05) is 56.8 Å². The number of hydrogen-bond acceptors (Lipinski definition) is 9. The van der Waals surface area contributed by atoms with Gasteiger partial charge in [0.25, 0.3) is 0 Å². The molecule has 0 bridgehead atoms. The normalized spacial score (nSPS) is 19.0. The van der Waals surface area contributed by atoms with E-state index in [1.54, 1.807) is 20.8 Å². The van der Waals surface area contributed by atoms with Crippen LogP contribution in [0.3, 0.4) is 0 Å². The largest absolute Gasteiger partial charge is 0.921 e. The van der Waals surface area contributed by atoms with Crippen LogP contribution in [0.25, 0.3) is 0 Å². The second kappa shape index (κ2) is 12.4. The monoisotopic (exact) mass is 438 g/mol. The van der Waals surface area contributed by atoms with Gasteiger partial charge >= 0.3 is 15.1 Å². The molecule has 0 spiro atoms. The maximum atomic E-state index is 12.7. The third kappa shape index (κ3) is 9.65. The Morgan fingerprint density at radius 1 is 0.640 bits per heavy atom. The summed E-state index contributed by atoms with van der Waals surface area (Å²) in [5.74, 6) is 0. The van der Waals surface area contributed by atoms with E-state index in [0.717, 1.165) is 0 Å². The summed E-state index contributed by atoms with van der Waals surface area (Å²) < 4.78 is 54.5. The summed E-state index contributed by atoms with van der Waals surface area (Å²) in [5, 5.41) is 27.2. The molecule has 3 unspecified atom stereocenters. The van der Waals surface area contributed by atoms with Gasteiger partial charge in [-0.2, -0.15) is 0 Å². The van der Waals surface area contributed by atoms with E-state index >= 15 is 0 Å². The lowest BCUT2D eigenvalue weighted by Crippen LogP contribution is -2.27. The number of aliphatic hydroxyl groups excluding tert-OH is 3. The van der Waals surface area contributed by atoms with Crippen LogP contribution in [-0.4, -0.2) is 87.3 Å². The van der Waals surface area contributed by atoms with Gasteiger partial charge in [0.1, 0.15) is 0 Å². The lowest BCUT2D eigenvalue weighted by atomic mass is 10.9. The first kappa shape index (κ1) is 26.0. The van der Waals surface area contributed by atoms with Gasteiger partial charge < -0.3 is 26.0 Å². The highest BCUT2D eigenvalue weighted by Crippen LogP contribution is 2.55. The maximum absolute atomic E-state index is 12.7. The highest BCUT2D eigenvalue weighted by molar-refractivity contribution is 7.63. The lowest BCUT2D eigenvalue weighted by molar-refractivity contribution is 0.282. The van der Waals surface area contributed by atoms with E-state index in [-0.39, 0.29) is 56.8 Å². The fourth-order valence-electron chi connectivity index (χ4n) is 1.84. The molecule has 0 rings (SSSR count). The van der Waals surface area contributed by atoms with Crippen LogP contribution >= 0.6 is 22.1 Å². The molecule has 0 radical (unpaired) electrons. The molecule has 9 nitrogen and oxygen atoms in total. The van der Waals surface area contributed by atoms with Crippen molar-refractivity contribution in [3.05, 3.63) is 0 Å². The molecule has 0 aliphatic rings. The summed E-state index contributed by atoms with van der Waals surface area (Å²) in [7, 11) is -9.88. The minimum absolute atomic E-state index is 0.108. The van der Waals surface area contributed by atoms with E-state index in [1.165, 1.54) is 0 Å². The lowest BCUT2D eigenvalue weighted by Gasteiger charge is -2.27. The maximum Gasteiger partial charge on any atom is 0.921 e. The van der Waals surface area contributed by atoms with Crippen molar-refractivity contribution < 1.29 is 39.7 Å². The summed E-state index contributed by atoms with van der Waals surface area (Å²) in [4.78, 5) is 0. The molecule has 0 aromatic rings. The minimum Gasteiger partial charge on any atom is -0.405 e. The molecule has 13 heteroatoms. The zero-order chi connectivity index (χ0) is 19.6. The van der Waals surface area contributed by atoms with Crippen molar-refractivity contribution >= 4 is 37.3 Å². The summed E-state index contributed by atoms with van der Waals surface area (Å²) in [6, 6.07) is 0. The minimum atomic E-state index is -3.38. The summed E-state index contributed by atoms with van der Waals surface area (Å²) in [6.45, 7) is 3.75. The Bertz CT molecular complexity index is 445. The smallest absolute Gasteiger partial charge is 0.405 e. The third-order valence-corrected chi connectivity index (χ3v) is 15.8. The van der Waals surface area contributed by atoms with Crippen molar-refractivity contribution in [2.45, 2.75) is 20.8 Å². The standard InChI is InChI=1S/3C4H11O3P.Al/c3*1-2-8(6,7)4-3-5;/h3*5H,2-4H2,1H3,(H,6,7);/q;;;+3/p-3. The highest BCUT2D eigenvalue weighted by Gasteiger charge is 2.47. The molecule has 3 atom stereocenters. The van der Waals surface area contributed by atoms with Crippen LogP contribution in [0.5, 0.6) is 0 Å². The van der Waals surface area contributed by atoms with Gasteiger partial charge in [-0.25, -0.2) is 0 Å². The van der Waals surface area contributed by atoms with Crippen LogP contribution in [0, 0.1) is 0 Å². The molecule has 0 amide bonds. The van der Waals surface area contributed by atoms with E-state index in [2.05, 4.69) is 0 Å². The van der Waals surface area contributed by atoms with E-state index < -0.39 is 37.3 Å². The van der Waals surface area contributed by atoms with Crippen molar-refractivity contribution in [1.29, 1.82) is 0 Å². The molecule has 0 aromatic carbocycles. The Hall–Kier alpha value is 0.982. The first-order valence-electron chi connectivity index (χ1n) is 8.27. The molecule has 0 saturated carbocycles. The van der Waals surface area contributed by atoms with E-state index in [1.807, 2.05) is 0 Å². The van der Waals surface area contributed by atoms with Gasteiger partial charge in [-0.05, 0) is 0 Å². The Morgan fingerprint density at radius 2 is 0.880 bits per heavy atom. The van der Waals surface area contributed by atoms with Gasteiger partial charge in [0.2, 0.25) is 0 Å². The van der Waals surface area contributed by atoms with Crippen LogP contribution in [0.2, 0.25) is 0 Å².